The molecule has 0 spiro atoms. The van der Waals surface area contributed by atoms with Crippen LogP contribution in [-0.2, 0) is 11.0 Å². The lowest BCUT2D eigenvalue weighted by Gasteiger charge is -2.24. The number of aryl methyl sites for hydroxylation is 1. The second kappa shape index (κ2) is 7.38. The number of aromatic nitrogens is 2. The molecule has 1 heterocycles. The van der Waals surface area contributed by atoms with Gasteiger partial charge in [-0.2, -0.15) is 13.2 Å². The minimum absolute atomic E-state index is 0.0124. The molecule has 1 aromatic rings. The van der Waals surface area contributed by atoms with E-state index in [0.717, 1.165) is 6.07 Å². The molecule has 0 radical (unpaired) electrons. The maximum absolute atomic E-state index is 12.7. The fourth-order valence-electron chi connectivity index (χ4n) is 1.91. The summed E-state index contributed by atoms with van der Waals surface area (Å²) in [5.74, 6) is -3.20. The molecular formula is C14H18F3N3O3. The predicted octanol–water partition coefficient (Wildman–Crippen LogP) is 2.38. The number of hydrogen-bond donors (Lipinski definition) is 1. The van der Waals surface area contributed by atoms with Crippen molar-refractivity contribution < 1.29 is 27.9 Å². The summed E-state index contributed by atoms with van der Waals surface area (Å²) in [5.41, 5.74) is -0.380. The molecule has 0 aliphatic heterocycles. The zero-order valence-corrected chi connectivity index (χ0v) is 13.0. The Bertz CT molecular complexity index is 588. The molecule has 0 aliphatic rings. The third-order valence-electron chi connectivity index (χ3n) is 2.80. The largest absolute Gasteiger partial charge is 0.481 e. The summed E-state index contributed by atoms with van der Waals surface area (Å²) in [6.07, 6.45) is -5.06. The van der Waals surface area contributed by atoms with Crippen molar-refractivity contribution in [2.24, 2.45) is 5.92 Å². The van der Waals surface area contributed by atoms with Crippen molar-refractivity contribution >= 4 is 11.9 Å². The van der Waals surface area contributed by atoms with E-state index in [2.05, 4.69) is 9.97 Å². The van der Waals surface area contributed by atoms with Crippen molar-refractivity contribution in [2.45, 2.75) is 33.4 Å². The van der Waals surface area contributed by atoms with E-state index in [9.17, 15) is 22.8 Å². The molecule has 0 fully saturated rings. The number of aliphatic carboxylic acids is 1. The minimum Gasteiger partial charge on any atom is -0.481 e. The van der Waals surface area contributed by atoms with Crippen LogP contribution in [0.15, 0.2) is 6.07 Å². The molecule has 128 valence electrons. The van der Waals surface area contributed by atoms with Gasteiger partial charge in [-0.25, -0.2) is 9.97 Å². The maximum atomic E-state index is 12.7. The number of nitrogens with zero attached hydrogens (tertiary/aromatic N) is 3. The van der Waals surface area contributed by atoms with E-state index in [1.165, 1.54) is 11.8 Å². The SMILES string of the molecule is Cc1cc(C(=O)N(CCC(=O)O)CC(C)C)nc(C(F)(F)F)n1. The van der Waals surface area contributed by atoms with Gasteiger partial charge in [-0.3, -0.25) is 9.59 Å². The predicted molar refractivity (Wildman–Crippen MR) is 74.8 cm³/mol. The monoisotopic (exact) mass is 333 g/mol. The number of hydrogen-bond acceptors (Lipinski definition) is 4. The molecule has 1 amide bonds. The van der Waals surface area contributed by atoms with Crippen LogP contribution in [0.1, 0.15) is 42.3 Å². The number of rotatable bonds is 6. The summed E-state index contributed by atoms with van der Waals surface area (Å²) in [6, 6.07) is 1.16. The topological polar surface area (TPSA) is 83.4 Å². The Hall–Kier alpha value is -2.19. The van der Waals surface area contributed by atoms with Gasteiger partial charge >= 0.3 is 12.1 Å². The second-order valence-corrected chi connectivity index (χ2v) is 5.50. The summed E-state index contributed by atoms with van der Waals surface area (Å²) in [5, 5.41) is 8.73. The van der Waals surface area contributed by atoms with Crippen LogP contribution >= 0.6 is 0 Å². The first-order chi connectivity index (χ1) is 10.5. The van der Waals surface area contributed by atoms with Crippen LogP contribution in [0.5, 0.6) is 0 Å². The highest BCUT2D eigenvalue weighted by atomic mass is 19.4. The highest BCUT2D eigenvalue weighted by Gasteiger charge is 2.36. The van der Waals surface area contributed by atoms with Gasteiger partial charge in [-0.15, -0.1) is 0 Å². The normalized spacial score (nSPS) is 11.6. The summed E-state index contributed by atoms with van der Waals surface area (Å²) >= 11 is 0. The zero-order chi connectivity index (χ0) is 17.8. The van der Waals surface area contributed by atoms with E-state index in [1.54, 1.807) is 0 Å². The van der Waals surface area contributed by atoms with Crippen LogP contribution in [0.3, 0.4) is 0 Å². The van der Waals surface area contributed by atoms with Gasteiger partial charge < -0.3 is 10.0 Å². The smallest absolute Gasteiger partial charge is 0.451 e. The van der Waals surface area contributed by atoms with Crippen molar-refractivity contribution in [3.05, 3.63) is 23.3 Å². The summed E-state index contributed by atoms with van der Waals surface area (Å²) in [4.78, 5) is 30.8. The number of carboxylic acid groups (broad SMARTS) is 1. The Balaban J connectivity index is 3.11. The average molecular weight is 333 g/mol. The number of carbonyl (C=O) groups excluding carboxylic acids is 1. The molecule has 0 saturated heterocycles. The van der Waals surface area contributed by atoms with Crippen LogP contribution in [-0.4, -0.2) is 44.9 Å². The Labute approximate surface area is 131 Å². The van der Waals surface area contributed by atoms with Crippen LogP contribution in [0.4, 0.5) is 13.2 Å². The fraction of sp³-hybridized carbons (Fsp3) is 0.571. The van der Waals surface area contributed by atoms with Crippen LogP contribution < -0.4 is 0 Å². The van der Waals surface area contributed by atoms with Gasteiger partial charge in [0.15, 0.2) is 0 Å². The molecule has 23 heavy (non-hydrogen) atoms. The van der Waals surface area contributed by atoms with Crippen molar-refractivity contribution in [3.8, 4) is 0 Å². The standard InChI is InChI=1S/C14H18F3N3O3/c1-8(2)7-20(5-4-11(21)22)12(23)10-6-9(3)18-13(19-10)14(15,16)17/h6,8H,4-5,7H2,1-3H3,(H,21,22). The van der Waals surface area contributed by atoms with Gasteiger partial charge in [-0.05, 0) is 18.9 Å². The lowest BCUT2D eigenvalue weighted by Crippen LogP contribution is -2.37. The van der Waals surface area contributed by atoms with Crippen LogP contribution in [0, 0.1) is 12.8 Å². The van der Waals surface area contributed by atoms with E-state index in [-0.39, 0.29) is 31.1 Å². The third kappa shape index (κ3) is 5.84. The lowest BCUT2D eigenvalue weighted by atomic mass is 10.2. The van der Waals surface area contributed by atoms with Crippen LogP contribution in [0.25, 0.3) is 0 Å². The van der Waals surface area contributed by atoms with E-state index in [4.69, 9.17) is 5.11 Å². The molecule has 1 aromatic heterocycles. The Morgan fingerprint density at radius 1 is 1.30 bits per heavy atom. The third-order valence-corrected chi connectivity index (χ3v) is 2.80. The first-order valence-corrected chi connectivity index (χ1v) is 6.94. The van der Waals surface area contributed by atoms with Crippen LogP contribution in [0.2, 0.25) is 0 Å². The highest BCUT2D eigenvalue weighted by molar-refractivity contribution is 5.92. The molecule has 9 heteroatoms. The molecule has 0 bridgehead atoms. The van der Waals surface area contributed by atoms with E-state index in [1.807, 2.05) is 13.8 Å². The molecular weight excluding hydrogens is 315 g/mol. The quantitative estimate of drug-likeness (QED) is 0.864. The number of alkyl halides is 3. The minimum atomic E-state index is -4.76. The van der Waals surface area contributed by atoms with Gasteiger partial charge in [0.2, 0.25) is 5.82 Å². The maximum Gasteiger partial charge on any atom is 0.451 e. The summed E-state index contributed by atoms with van der Waals surface area (Å²) < 4.78 is 38.2. The Morgan fingerprint density at radius 2 is 1.91 bits per heavy atom. The van der Waals surface area contributed by atoms with E-state index in [0.29, 0.717) is 0 Å². The second-order valence-electron chi connectivity index (χ2n) is 5.50. The van der Waals surface area contributed by atoms with Gasteiger partial charge in [0.25, 0.3) is 5.91 Å². The highest BCUT2D eigenvalue weighted by Crippen LogP contribution is 2.26. The number of halogens is 3. The molecule has 0 aromatic carbocycles. The summed E-state index contributed by atoms with van der Waals surface area (Å²) in [6.45, 7) is 5.08. The average Bonchev–Trinajstić information content (AvgIpc) is 2.40. The van der Waals surface area contributed by atoms with Gasteiger partial charge in [-0.1, -0.05) is 13.8 Å². The fourth-order valence-corrected chi connectivity index (χ4v) is 1.91. The molecule has 1 N–H and O–H groups in total. The van der Waals surface area contributed by atoms with Crippen molar-refractivity contribution in [3.63, 3.8) is 0 Å². The Kier molecular flexibility index (Phi) is 6.05. The zero-order valence-electron chi connectivity index (χ0n) is 13.0. The van der Waals surface area contributed by atoms with E-state index >= 15 is 0 Å². The molecule has 0 unspecified atom stereocenters. The molecule has 6 nitrogen and oxygen atoms in total. The van der Waals surface area contributed by atoms with Gasteiger partial charge in [0.1, 0.15) is 5.69 Å². The lowest BCUT2D eigenvalue weighted by molar-refractivity contribution is -0.145. The Morgan fingerprint density at radius 3 is 2.39 bits per heavy atom. The number of carbonyl (C=O) groups is 2. The van der Waals surface area contributed by atoms with Crippen molar-refractivity contribution in [2.75, 3.05) is 13.1 Å². The van der Waals surface area contributed by atoms with Gasteiger partial charge in [0.05, 0.1) is 6.42 Å². The molecule has 1 rings (SSSR count). The molecule has 0 atom stereocenters. The van der Waals surface area contributed by atoms with E-state index < -0.39 is 29.6 Å². The molecule has 0 aliphatic carbocycles. The van der Waals surface area contributed by atoms with Gasteiger partial charge in [0, 0.05) is 18.8 Å². The molecule has 0 saturated carbocycles. The number of carboxylic acids is 1. The number of amides is 1. The first kappa shape index (κ1) is 18.9. The first-order valence-electron chi connectivity index (χ1n) is 6.94. The van der Waals surface area contributed by atoms with Crippen molar-refractivity contribution in [1.29, 1.82) is 0 Å². The van der Waals surface area contributed by atoms with Crippen molar-refractivity contribution in [1.82, 2.24) is 14.9 Å². The summed E-state index contributed by atoms with van der Waals surface area (Å²) in [7, 11) is 0.